The second-order valence-electron chi connectivity index (χ2n) is 9.36. The zero-order valence-electron chi connectivity index (χ0n) is 18.8. The van der Waals surface area contributed by atoms with Crippen molar-refractivity contribution in [3.63, 3.8) is 0 Å². The van der Waals surface area contributed by atoms with Crippen LogP contribution in [0.1, 0.15) is 86.1 Å². The number of aliphatic hydroxyl groups is 1. The Kier molecular flexibility index (Phi) is 8.36. The van der Waals surface area contributed by atoms with Crippen LogP contribution in [0.5, 0.6) is 0 Å². The molecule has 1 rings (SSSR count). The largest absolute Gasteiger partial charge is 0.465 e. The van der Waals surface area contributed by atoms with Gasteiger partial charge in [-0.2, -0.15) is 0 Å². The van der Waals surface area contributed by atoms with Crippen LogP contribution in [0.3, 0.4) is 0 Å². The standard InChI is InChI=1S/C23H40N2O3/c1-8-14-23(28,15-9-2)18-12-10-11-13-19(18)24-17-16-22(6,7)25(20(26)27)21(3,4)5/h10-13,24,28H,8-9,14-17H2,1-7H3,(H,26,27). The minimum absolute atomic E-state index is 0.476. The first kappa shape index (κ1) is 24.3. The maximum Gasteiger partial charge on any atom is 0.408 e. The van der Waals surface area contributed by atoms with Crippen molar-refractivity contribution in [1.82, 2.24) is 4.90 Å². The lowest BCUT2D eigenvalue weighted by atomic mass is 9.84. The van der Waals surface area contributed by atoms with Gasteiger partial charge >= 0.3 is 6.09 Å². The molecule has 0 aromatic heterocycles. The topological polar surface area (TPSA) is 72.8 Å². The third kappa shape index (κ3) is 6.13. The minimum atomic E-state index is -0.904. The van der Waals surface area contributed by atoms with Gasteiger partial charge in [0.2, 0.25) is 0 Å². The van der Waals surface area contributed by atoms with Crippen LogP contribution < -0.4 is 5.32 Å². The third-order valence-corrected chi connectivity index (χ3v) is 5.28. The number of para-hydroxylation sites is 1. The van der Waals surface area contributed by atoms with Gasteiger partial charge in [-0.05, 0) is 59.9 Å². The number of hydrogen-bond donors (Lipinski definition) is 3. The van der Waals surface area contributed by atoms with Gasteiger partial charge in [-0.1, -0.05) is 44.9 Å². The molecule has 1 aromatic rings. The molecule has 5 nitrogen and oxygen atoms in total. The number of nitrogens with zero attached hydrogens (tertiary/aromatic N) is 1. The van der Waals surface area contributed by atoms with Gasteiger partial charge in [0.25, 0.3) is 0 Å². The van der Waals surface area contributed by atoms with Gasteiger partial charge in [0.05, 0.1) is 5.60 Å². The van der Waals surface area contributed by atoms with Gasteiger partial charge < -0.3 is 15.5 Å². The van der Waals surface area contributed by atoms with Gasteiger partial charge in [-0.3, -0.25) is 4.90 Å². The lowest BCUT2D eigenvalue weighted by molar-refractivity contribution is 0.0176. The van der Waals surface area contributed by atoms with Gasteiger partial charge in [0.1, 0.15) is 0 Å². The van der Waals surface area contributed by atoms with Crippen LogP contribution in [0.15, 0.2) is 24.3 Å². The monoisotopic (exact) mass is 392 g/mol. The second kappa shape index (κ2) is 9.64. The Morgan fingerprint density at radius 3 is 2.00 bits per heavy atom. The SMILES string of the molecule is CCCC(O)(CCC)c1ccccc1NCCC(C)(C)N(C(=O)O)C(C)(C)C. The third-order valence-electron chi connectivity index (χ3n) is 5.28. The molecule has 3 N–H and O–H groups in total. The van der Waals surface area contributed by atoms with Crippen molar-refractivity contribution in [2.75, 3.05) is 11.9 Å². The maximum absolute atomic E-state index is 11.8. The molecule has 0 aliphatic carbocycles. The molecular formula is C23H40N2O3. The summed E-state index contributed by atoms with van der Waals surface area (Å²) >= 11 is 0. The van der Waals surface area contributed by atoms with Crippen LogP contribution in [0, 0.1) is 0 Å². The molecular weight excluding hydrogens is 352 g/mol. The number of hydrogen-bond acceptors (Lipinski definition) is 3. The fourth-order valence-corrected chi connectivity index (χ4v) is 4.33. The van der Waals surface area contributed by atoms with Crippen LogP contribution >= 0.6 is 0 Å². The fraction of sp³-hybridized carbons (Fsp3) is 0.696. The average molecular weight is 393 g/mol. The molecule has 1 aromatic carbocycles. The Hall–Kier alpha value is -1.75. The maximum atomic E-state index is 11.8. The summed E-state index contributed by atoms with van der Waals surface area (Å²) in [5, 5.41) is 24.4. The summed E-state index contributed by atoms with van der Waals surface area (Å²) in [5.41, 5.74) is 0.0363. The van der Waals surface area contributed by atoms with E-state index in [9.17, 15) is 15.0 Å². The summed E-state index contributed by atoms with van der Waals surface area (Å²) in [5.74, 6) is 0. The van der Waals surface area contributed by atoms with Crippen molar-refractivity contribution in [2.24, 2.45) is 0 Å². The van der Waals surface area contributed by atoms with Crippen molar-refractivity contribution in [3.8, 4) is 0 Å². The molecule has 0 radical (unpaired) electrons. The minimum Gasteiger partial charge on any atom is -0.465 e. The van der Waals surface area contributed by atoms with Crippen LogP contribution in [0.2, 0.25) is 0 Å². The van der Waals surface area contributed by atoms with Crippen molar-refractivity contribution in [2.45, 2.75) is 97.2 Å². The number of rotatable bonds is 10. The Labute approximate surface area is 171 Å². The molecule has 5 heteroatoms. The first-order valence-electron chi connectivity index (χ1n) is 10.5. The molecule has 28 heavy (non-hydrogen) atoms. The summed E-state index contributed by atoms with van der Waals surface area (Å²) in [6, 6.07) is 7.93. The Morgan fingerprint density at radius 2 is 1.54 bits per heavy atom. The van der Waals surface area contributed by atoms with Crippen LogP contribution in [-0.2, 0) is 5.60 Å². The molecule has 0 saturated heterocycles. The summed E-state index contributed by atoms with van der Waals surface area (Å²) < 4.78 is 0. The highest BCUT2D eigenvalue weighted by Gasteiger charge is 2.38. The van der Waals surface area contributed by atoms with E-state index in [-0.39, 0.29) is 0 Å². The normalized spacial score (nSPS) is 12.7. The molecule has 0 heterocycles. The van der Waals surface area contributed by atoms with Crippen LogP contribution in [0.25, 0.3) is 0 Å². The fourth-order valence-electron chi connectivity index (χ4n) is 4.33. The first-order chi connectivity index (χ1) is 12.9. The highest BCUT2D eigenvalue weighted by Crippen LogP contribution is 2.36. The predicted octanol–water partition coefficient (Wildman–Crippen LogP) is 5.83. The van der Waals surface area contributed by atoms with Gasteiger partial charge in [0.15, 0.2) is 0 Å². The van der Waals surface area contributed by atoms with E-state index in [1.807, 2.05) is 58.9 Å². The second-order valence-corrected chi connectivity index (χ2v) is 9.36. The molecule has 0 spiro atoms. The molecule has 0 fully saturated rings. The van der Waals surface area contributed by atoms with Gasteiger partial charge in [0, 0.05) is 28.9 Å². The summed E-state index contributed by atoms with van der Waals surface area (Å²) in [7, 11) is 0. The lowest BCUT2D eigenvalue weighted by Crippen LogP contribution is -2.57. The Balaban J connectivity index is 2.98. The number of carbonyl (C=O) groups is 1. The molecule has 0 unspecified atom stereocenters. The average Bonchev–Trinajstić information content (AvgIpc) is 2.53. The van der Waals surface area contributed by atoms with E-state index in [0.717, 1.165) is 36.9 Å². The number of amides is 1. The predicted molar refractivity (Wildman–Crippen MR) is 117 cm³/mol. The molecule has 0 saturated carbocycles. The number of benzene rings is 1. The van der Waals surface area contributed by atoms with E-state index >= 15 is 0 Å². The van der Waals surface area contributed by atoms with E-state index in [1.54, 1.807) is 0 Å². The molecule has 1 amide bonds. The zero-order chi connectivity index (χ0) is 21.6. The molecule has 160 valence electrons. The van der Waals surface area contributed by atoms with E-state index in [2.05, 4.69) is 19.2 Å². The van der Waals surface area contributed by atoms with Crippen LogP contribution in [0.4, 0.5) is 10.5 Å². The van der Waals surface area contributed by atoms with Gasteiger partial charge in [-0.15, -0.1) is 0 Å². The van der Waals surface area contributed by atoms with Crippen molar-refractivity contribution < 1.29 is 15.0 Å². The Morgan fingerprint density at radius 1 is 1.00 bits per heavy atom. The number of nitrogens with one attached hydrogen (secondary N) is 1. The van der Waals surface area contributed by atoms with E-state index < -0.39 is 22.8 Å². The summed E-state index contributed by atoms with van der Waals surface area (Å²) in [6.07, 6.45) is 3.03. The molecule has 0 aliphatic rings. The van der Waals surface area contributed by atoms with E-state index in [4.69, 9.17) is 0 Å². The van der Waals surface area contributed by atoms with Crippen molar-refractivity contribution in [3.05, 3.63) is 29.8 Å². The highest BCUT2D eigenvalue weighted by atomic mass is 16.4. The lowest BCUT2D eigenvalue weighted by Gasteiger charge is -2.45. The smallest absolute Gasteiger partial charge is 0.408 e. The molecule has 0 atom stereocenters. The highest BCUT2D eigenvalue weighted by molar-refractivity contribution is 5.67. The van der Waals surface area contributed by atoms with E-state index in [1.165, 1.54) is 4.90 Å². The summed E-state index contributed by atoms with van der Waals surface area (Å²) in [6.45, 7) is 14.5. The first-order valence-corrected chi connectivity index (χ1v) is 10.5. The zero-order valence-corrected chi connectivity index (χ0v) is 18.8. The number of carboxylic acid groups (broad SMARTS) is 1. The number of anilines is 1. The van der Waals surface area contributed by atoms with E-state index in [0.29, 0.717) is 13.0 Å². The Bertz CT molecular complexity index is 629. The van der Waals surface area contributed by atoms with Crippen molar-refractivity contribution in [1.29, 1.82) is 0 Å². The quantitative estimate of drug-likeness (QED) is 0.468. The molecule has 0 bridgehead atoms. The molecule has 0 aliphatic heterocycles. The van der Waals surface area contributed by atoms with Gasteiger partial charge in [-0.25, -0.2) is 4.79 Å². The van der Waals surface area contributed by atoms with Crippen molar-refractivity contribution >= 4 is 11.8 Å². The van der Waals surface area contributed by atoms with Crippen LogP contribution in [-0.4, -0.2) is 38.8 Å². The summed E-state index contributed by atoms with van der Waals surface area (Å²) in [4.78, 5) is 13.4.